The first kappa shape index (κ1) is 23.1. The molecule has 34 heavy (non-hydrogen) atoms. The van der Waals surface area contributed by atoms with Crippen LogP contribution in [0.2, 0.25) is 0 Å². The summed E-state index contributed by atoms with van der Waals surface area (Å²) in [5.74, 6) is 1.92. The maximum atomic E-state index is 13.1. The van der Waals surface area contributed by atoms with Gasteiger partial charge >= 0.3 is 0 Å². The summed E-state index contributed by atoms with van der Waals surface area (Å²) in [7, 11) is 0.929. The zero-order valence-corrected chi connectivity index (χ0v) is 19.7. The Kier molecular flexibility index (Phi) is 6.69. The molecule has 0 aliphatic rings. The van der Waals surface area contributed by atoms with Gasteiger partial charge in [0.2, 0.25) is 11.7 Å². The molecular weight excluding hydrogens is 456 g/mol. The molecule has 0 aliphatic heterocycles. The lowest BCUT2D eigenvalue weighted by Crippen LogP contribution is -2.26. The number of nitrogens with zero attached hydrogens (tertiary/aromatic N) is 3. The summed E-state index contributed by atoms with van der Waals surface area (Å²) < 4.78 is 43.3. The molecule has 176 valence electrons. The van der Waals surface area contributed by atoms with Crippen LogP contribution in [0.3, 0.4) is 0 Å². The topological polar surface area (TPSA) is 107 Å². The number of anilines is 2. The molecule has 0 bridgehead atoms. The second-order valence-electron chi connectivity index (χ2n) is 7.27. The summed E-state index contributed by atoms with van der Waals surface area (Å²) in [6.45, 7) is 0.212. The van der Waals surface area contributed by atoms with Crippen LogP contribution in [0.5, 0.6) is 11.5 Å². The monoisotopic (exact) mass is 480 g/mol. The Balaban J connectivity index is 1.49. The lowest BCUT2D eigenvalue weighted by Gasteiger charge is -2.19. The largest absolute Gasteiger partial charge is 0.497 e. The van der Waals surface area contributed by atoms with Crippen LogP contribution >= 0.6 is 0 Å². The molecule has 1 heterocycles. The first-order valence-electron chi connectivity index (χ1n) is 10.4. The van der Waals surface area contributed by atoms with Crippen molar-refractivity contribution in [2.45, 2.75) is 11.4 Å². The van der Waals surface area contributed by atoms with Crippen molar-refractivity contribution >= 4 is 21.4 Å². The Hall–Kier alpha value is -4.05. The summed E-state index contributed by atoms with van der Waals surface area (Å²) >= 11 is 0. The minimum Gasteiger partial charge on any atom is -0.497 e. The smallest absolute Gasteiger partial charge is 0.264 e. The number of ether oxygens (including phenoxy) is 2. The van der Waals surface area contributed by atoms with E-state index in [4.69, 9.17) is 14.0 Å². The van der Waals surface area contributed by atoms with E-state index < -0.39 is 10.0 Å². The fraction of sp³-hybridized carbons (Fsp3) is 0.167. The SMILES string of the molecule is COc1ccc(-c2noc(CNc3cccc(S(=O)(=O)N(C)c4ccccc4)c3)n2)c(OC)c1. The molecule has 0 amide bonds. The molecule has 0 atom stereocenters. The molecule has 4 rings (SSSR count). The van der Waals surface area contributed by atoms with E-state index >= 15 is 0 Å². The third kappa shape index (κ3) is 4.81. The van der Waals surface area contributed by atoms with E-state index in [1.165, 1.54) is 11.4 Å². The van der Waals surface area contributed by atoms with Crippen LogP contribution < -0.4 is 19.1 Å². The van der Waals surface area contributed by atoms with Gasteiger partial charge in [0.05, 0.1) is 36.9 Å². The third-order valence-corrected chi connectivity index (χ3v) is 6.96. The Bertz CT molecular complexity index is 1370. The zero-order chi connectivity index (χ0) is 24.1. The predicted octanol–water partition coefficient (Wildman–Crippen LogP) is 4.19. The second kappa shape index (κ2) is 9.84. The van der Waals surface area contributed by atoms with Crippen LogP contribution in [0, 0.1) is 0 Å². The van der Waals surface area contributed by atoms with Crippen molar-refractivity contribution in [3.8, 4) is 22.9 Å². The number of methoxy groups -OCH3 is 2. The fourth-order valence-corrected chi connectivity index (χ4v) is 4.54. The van der Waals surface area contributed by atoms with Crippen LogP contribution in [-0.4, -0.2) is 39.8 Å². The van der Waals surface area contributed by atoms with Crippen molar-refractivity contribution in [1.29, 1.82) is 0 Å². The maximum Gasteiger partial charge on any atom is 0.264 e. The van der Waals surface area contributed by atoms with Crippen LogP contribution in [-0.2, 0) is 16.6 Å². The van der Waals surface area contributed by atoms with Crippen LogP contribution in [0.4, 0.5) is 11.4 Å². The van der Waals surface area contributed by atoms with Crippen molar-refractivity contribution in [2.75, 3.05) is 30.9 Å². The molecule has 3 aromatic carbocycles. The van der Waals surface area contributed by atoms with Gasteiger partial charge in [-0.2, -0.15) is 4.98 Å². The fourth-order valence-electron chi connectivity index (χ4n) is 3.30. The quantitative estimate of drug-likeness (QED) is 0.380. The molecule has 9 nitrogen and oxygen atoms in total. The molecule has 0 fully saturated rings. The van der Waals surface area contributed by atoms with E-state index in [1.54, 1.807) is 80.9 Å². The molecule has 0 spiro atoms. The van der Waals surface area contributed by atoms with Crippen molar-refractivity contribution < 1.29 is 22.4 Å². The van der Waals surface area contributed by atoms with Gasteiger partial charge in [-0.1, -0.05) is 29.4 Å². The first-order chi connectivity index (χ1) is 16.4. The summed E-state index contributed by atoms with van der Waals surface area (Å²) in [4.78, 5) is 4.58. The Morgan fingerprint density at radius 3 is 2.50 bits per heavy atom. The third-order valence-electron chi connectivity index (χ3n) is 5.17. The van der Waals surface area contributed by atoms with Crippen molar-refractivity contribution in [2.24, 2.45) is 0 Å². The van der Waals surface area contributed by atoms with Crippen molar-refractivity contribution in [1.82, 2.24) is 10.1 Å². The number of nitrogens with one attached hydrogen (secondary N) is 1. The van der Waals surface area contributed by atoms with Crippen molar-refractivity contribution in [3.05, 3.63) is 78.7 Å². The van der Waals surface area contributed by atoms with Gasteiger partial charge in [0.25, 0.3) is 10.0 Å². The van der Waals surface area contributed by atoms with Crippen LogP contribution in [0.1, 0.15) is 5.89 Å². The van der Waals surface area contributed by atoms with E-state index in [0.29, 0.717) is 40.2 Å². The normalized spacial score (nSPS) is 11.1. The number of hydrogen-bond acceptors (Lipinski definition) is 8. The van der Waals surface area contributed by atoms with Gasteiger partial charge in [0, 0.05) is 18.8 Å². The molecule has 1 aromatic heterocycles. The van der Waals surface area contributed by atoms with Gasteiger partial charge in [-0.15, -0.1) is 0 Å². The molecular formula is C24H24N4O5S. The average molecular weight is 481 g/mol. The van der Waals surface area contributed by atoms with Crippen LogP contribution in [0.25, 0.3) is 11.4 Å². The summed E-state index contributed by atoms with van der Waals surface area (Å²) in [6.07, 6.45) is 0. The first-order valence-corrected chi connectivity index (χ1v) is 11.8. The van der Waals surface area contributed by atoms with Gasteiger partial charge < -0.3 is 19.3 Å². The van der Waals surface area contributed by atoms with E-state index in [0.717, 1.165) is 0 Å². The Morgan fingerprint density at radius 2 is 1.76 bits per heavy atom. The standard InChI is InChI=1S/C24H24N4O5S/c1-28(18-9-5-4-6-10-18)34(29,30)20-11-7-8-17(14-20)25-16-23-26-24(27-33-23)21-13-12-19(31-2)15-22(21)32-3/h4-15,25H,16H2,1-3H3. The molecule has 0 radical (unpaired) electrons. The minimum absolute atomic E-state index is 0.165. The molecule has 10 heteroatoms. The van der Waals surface area contributed by atoms with E-state index in [1.807, 2.05) is 6.07 Å². The predicted molar refractivity (Wildman–Crippen MR) is 129 cm³/mol. The van der Waals surface area contributed by atoms with Gasteiger partial charge in [-0.05, 0) is 42.5 Å². The number of aromatic nitrogens is 2. The maximum absolute atomic E-state index is 13.1. The zero-order valence-electron chi connectivity index (χ0n) is 18.9. The highest BCUT2D eigenvalue weighted by atomic mass is 32.2. The summed E-state index contributed by atoms with van der Waals surface area (Å²) in [5, 5.41) is 7.16. The number of para-hydroxylation sites is 1. The highest BCUT2D eigenvalue weighted by Gasteiger charge is 2.21. The van der Waals surface area contributed by atoms with Crippen LogP contribution in [0.15, 0.2) is 82.2 Å². The van der Waals surface area contributed by atoms with Crippen molar-refractivity contribution in [3.63, 3.8) is 0 Å². The highest BCUT2D eigenvalue weighted by Crippen LogP contribution is 2.31. The molecule has 1 N–H and O–H groups in total. The molecule has 0 saturated heterocycles. The lowest BCUT2D eigenvalue weighted by atomic mass is 10.2. The number of sulfonamides is 1. The molecule has 4 aromatic rings. The number of benzene rings is 3. The number of rotatable bonds is 9. The Morgan fingerprint density at radius 1 is 0.971 bits per heavy atom. The highest BCUT2D eigenvalue weighted by molar-refractivity contribution is 7.92. The summed E-state index contributed by atoms with van der Waals surface area (Å²) in [5.41, 5.74) is 1.84. The summed E-state index contributed by atoms with van der Waals surface area (Å²) in [6, 6.07) is 20.8. The van der Waals surface area contributed by atoms with E-state index in [2.05, 4.69) is 15.5 Å². The van der Waals surface area contributed by atoms with Gasteiger partial charge in [0.15, 0.2) is 0 Å². The Labute approximate surface area is 198 Å². The molecule has 0 saturated carbocycles. The minimum atomic E-state index is -3.73. The van der Waals surface area contributed by atoms with E-state index in [9.17, 15) is 8.42 Å². The van der Waals surface area contributed by atoms with Gasteiger partial charge in [0.1, 0.15) is 11.5 Å². The van der Waals surface area contributed by atoms with E-state index in [-0.39, 0.29) is 11.4 Å². The average Bonchev–Trinajstić information content (AvgIpc) is 3.36. The second-order valence-corrected chi connectivity index (χ2v) is 9.24. The molecule has 0 aliphatic carbocycles. The molecule has 0 unspecified atom stereocenters. The van der Waals surface area contributed by atoms with Gasteiger partial charge in [-0.25, -0.2) is 8.42 Å². The number of hydrogen-bond donors (Lipinski definition) is 1. The lowest BCUT2D eigenvalue weighted by molar-refractivity contribution is 0.382. The van der Waals surface area contributed by atoms with Gasteiger partial charge in [-0.3, -0.25) is 4.31 Å².